The van der Waals surface area contributed by atoms with Gasteiger partial charge in [-0.2, -0.15) is 5.10 Å². The maximum Gasteiger partial charge on any atom is 0.270 e. The Morgan fingerprint density at radius 3 is 2.73 bits per heavy atom. The van der Waals surface area contributed by atoms with Crippen LogP contribution in [-0.4, -0.2) is 26.3 Å². The topological polar surface area (TPSA) is 89.3 Å². The lowest BCUT2D eigenvalue weighted by atomic mass is 9.79. The number of benzene rings is 2. The van der Waals surface area contributed by atoms with E-state index in [1.54, 1.807) is 10.8 Å². The summed E-state index contributed by atoms with van der Waals surface area (Å²) >= 11 is 1.30. The Kier molecular flexibility index (Phi) is 4.28. The van der Waals surface area contributed by atoms with Crippen LogP contribution in [0.25, 0.3) is 17.3 Å². The minimum Gasteiger partial charge on any atom is -0.465 e. The molecule has 164 valence electrons. The second-order valence-corrected chi connectivity index (χ2v) is 9.48. The van der Waals surface area contributed by atoms with Crippen molar-refractivity contribution in [2.45, 2.75) is 25.6 Å². The molecular formula is C25H20N4O3S. The monoisotopic (exact) mass is 456 g/mol. The predicted octanol–water partition coefficient (Wildman–Crippen LogP) is 2.67. The molecule has 2 aromatic carbocycles. The fourth-order valence-corrected chi connectivity index (χ4v) is 6.03. The normalized spacial score (nSPS) is 23.3. The van der Waals surface area contributed by atoms with Crippen molar-refractivity contribution >= 4 is 23.2 Å². The van der Waals surface area contributed by atoms with Gasteiger partial charge in [0.2, 0.25) is 5.72 Å². The fraction of sp³-hybridized carbons (Fsp3) is 0.200. The zero-order chi connectivity index (χ0) is 22.7. The number of hydrogen-bond acceptors (Lipinski definition) is 6. The molecule has 8 heteroatoms. The first kappa shape index (κ1) is 19.9. The second kappa shape index (κ2) is 7.11. The van der Waals surface area contributed by atoms with Crippen molar-refractivity contribution in [2.75, 3.05) is 0 Å². The second-order valence-electron chi connectivity index (χ2n) is 8.47. The molecular weight excluding hydrogens is 436 g/mol. The molecule has 1 N–H and O–H groups in total. The Morgan fingerprint density at radius 1 is 1.18 bits per heavy atom. The van der Waals surface area contributed by atoms with Crippen molar-refractivity contribution < 1.29 is 9.53 Å². The maximum absolute atomic E-state index is 13.7. The van der Waals surface area contributed by atoms with Crippen LogP contribution in [0.5, 0.6) is 5.75 Å². The number of rotatable bonds is 3. The number of para-hydroxylation sites is 1. The summed E-state index contributed by atoms with van der Waals surface area (Å²) in [6, 6.07) is 16.9. The number of aromatic amines is 1. The molecule has 0 aliphatic carbocycles. The van der Waals surface area contributed by atoms with E-state index in [0.717, 1.165) is 22.4 Å². The molecule has 0 saturated carbocycles. The van der Waals surface area contributed by atoms with Gasteiger partial charge < -0.3 is 4.74 Å². The van der Waals surface area contributed by atoms with Gasteiger partial charge in [-0.3, -0.25) is 19.3 Å². The molecule has 4 aromatic rings. The molecule has 0 fully saturated rings. The Hall–Kier alpha value is -3.78. The lowest BCUT2D eigenvalue weighted by Gasteiger charge is -2.45. The Bertz CT molecular complexity index is 1580. The number of nitrogens with one attached hydrogen (secondary N) is 1. The van der Waals surface area contributed by atoms with E-state index in [4.69, 9.17) is 9.73 Å². The molecule has 3 unspecified atom stereocenters. The zero-order valence-corrected chi connectivity index (χ0v) is 18.8. The number of carbonyl (C=O) groups is 1. The number of H-pyrrole nitrogens is 1. The summed E-state index contributed by atoms with van der Waals surface area (Å²) in [4.78, 5) is 31.7. The van der Waals surface area contributed by atoms with Crippen molar-refractivity contribution in [3.8, 4) is 17.0 Å². The summed E-state index contributed by atoms with van der Waals surface area (Å²) in [7, 11) is 0. The first-order valence-electron chi connectivity index (χ1n) is 10.7. The summed E-state index contributed by atoms with van der Waals surface area (Å²) in [5.41, 5.74) is 2.22. The summed E-state index contributed by atoms with van der Waals surface area (Å²) in [5, 5.41) is 7.21. The van der Waals surface area contributed by atoms with Crippen LogP contribution in [0.4, 0.5) is 0 Å². The highest BCUT2D eigenvalue weighted by atomic mass is 32.1. The first-order chi connectivity index (χ1) is 16.0. The van der Waals surface area contributed by atoms with Crippen LogP contribution in [0.2, 0.25) is 0 Å². The van der Waals surface area contributed by atoms with Crippen LogP contribution in [-0.2, 0) is 4.79 Å². The number of hydrogen-bond donors (Lipinski definition) is 1. The van der Waals surface area contributed by atoms with Gasteiger partial charge in [-0.1, -0.05) is 59.9 Å². The van der Waals surface area contributed by atoms with Crippen molar-refractivity contribution in [1.29, 1.82) is 0 Å². The van der Waals surface area contributed by atoms with Gasteiger partial charge in [0, 0.05) is 16.7 Å². The van der Waals surface area contributed by atoms with Crippen molar-refractivity contribution in [1.82, 2.24) is 14.8 Å². The van der Waals surface area contributed by atoms with Crippen LogP contribution < -0.4 is 19.6 Å². The van der Waals surface area contributed by atoms with E-state index in [0.29, 0.717) is 15.1 Å². The maximum atomic E-state index is 13.7. The average Bonchev–Trinajstić information content (AvgIpc) is 3.37. The van der Waals surface area contributed by atoms with E-state index >= 15 is 0 Å². The van der Waals surface area contributed by atoms with Gasteiger partial charge in [0.1, 0.15) is 17.5 Å². The third-order valence-corrected chi connectivity index (χ3v) is 7.32. The van der Waals surface area contributed by atoms with Crippen molar-refractivity contribution in [3.05, 3.63) is 91.6 Å². The molecule has 33 heavy (non-hydrogen) atoms. The van der Waals surface area contributed by atoms with Gasteiger partial charge in [0.15, 0.2) is 4.80 Å². The standard InChI is InChI=1S/C25H20N4O3S/c1-14(30)20-22-17-10-6-7-11-18(17)32-25(20,2)27-24-29(22)23(31)19(33-24)12-16-13-26-28-21(16)15-8-4-3-5-9-15/h3-13,20,22H,1-2H3,(H,26,28). The Labute approximate surface area is 192 Å². The molecule has 2 aromatic heterocycles. The number of Topliss-reactive ketones (excluding diaryl/α,β-unsaturated/α-hetero) is 1. The van der Waals surface area contributed by atoms with Crippen LogP contribution in [0.3, 0.4) is 0 Å². The lowest BCUT2D eigenvalue weighted by molar-refractivity contribution is -0.132. The molecule has 0 saturated heterocycles. The first-order valence-corrected chi connectivity index (χ1v) is 11.5. The highest BCUT2D eigenvalue weighted by molar-refractivity contribution is 7.07. The number of ketones is 1. The molecule has 2 aliphatic rings. The lowest BCUT2D eigenvalue weighted by Crippen LogP contribution is -2.58. The van der Waals surface area contributed by atoms with Crippen molar-refractivity contribution in [2.24, 2.45) is 10.9 Å². The van der Waals surface area contributed by atoms with E-state index < -0.39 is 17.7 Å². The van der Waals surface area contributed by atoms with E-state index in [1.165, 1.54) is 18.3 Å². The number of ether oxygens (including phenoxy) is 1. The summed E-state index contributed by atoms with van der Waals surface area (Å²) in [5.74, 6) is 0.00631. The smallest absolute Gasteiger partial charge is 0.270 e. The zero-order valence-electron chi connectivity index (χ0n) is 18.0. The fourth-order valence-electron chi connectivity index (χ4n) is 4.94. The third-order valence-electron chi connectivity index (χ3n) is 6.34. The number of thiazole rings is 1. The minimum absolute atomic E-state index is 0.0590. The van der Waals surface area contributed by atoms with E-state index in [2.05, 4.69) is 10.2 Å². The molecule has 0 radical (unpaired) electrons. The number of fused-ring (bicyclic) bond motifs is 6. The molecule has 2 bridgehead atoms. The summed E-state index contributed by atoms with van der Waals surface area (Å²) in [6.07, 6.45) is 3.54. The Balaban J connectivity index is 1.59. The number of aromatic nitrogens is 3. The van der Waals surface area contributed by atoms with Crippen LogP contribution in [0.1, 0.15) is 31.0 Å². The van der Waals surface area contributed by atoms with E-state index in [-0.39, 0.29) is 11.3 Å². The molecule has 7 nitrogen and oxygen atoms in total. The largest absolute Gasteiger partial charge is 0.465 e. The highest BCUT2D eigenvalue weighted by Crippen LogP contribution is 2.47. The van der Waals surface area contributed by atoms with Gasteiger partial charge in [0.05, 0.1) is 22.5 Å². The van der Waals surface area contributed by atoms with Gasteiger partial charge in [-0.25, -0.2) is 4.99 Å². The van der Waals surface area contributed by atoms with Gasteiger partial charge in [-0.15, -0.1) is 0 Å². The summed E-state index contributed by atoms with van der Waals surface area (Å²) < 4.78 is 8.42. The van der Waals surface area contributed by atoms with Crippen LogP contribution in [0.15, 0.2) is 70.6 Å². The average molecular weight is 457 g/mol. The summed E-state index contributed by atoms with van der Waals surface area (Å²) in [6.45, 7) is 3.36. The molecule has 2 aliphatic heterocycles. The number of carbonyl (C=O) groups excluding carboxylic acids is 1. The SMILES string of the molecule is CC(=O)C1C2c3ccccc3OC1(C)N=c1sc(=Cc3cn[nH]c3-c3ccccc3)c(=O)n12. The quantitative estimate of drug-likeness (QED) is 0.513. The predicted molar refractivity (Wildman–Crippen MR) is 125 cm³/mol. The third kappa shape index (κ3) is 2.94. The molecule has 0 amide bonds. The van der Waals surface area contributed by atoms with Gasteiger partial charge in [-0.05, 0) is 26.0 Å². The van der Waals surface area contributed by atoms with Gasteiger partial charge >= 0.3 is 0 Å². The van der Waals surface area contributed by atoms with Crippen LogP contribution in [0, 0.1) is 5.92 Å². The Morgan fingerprint density at radius 2 is 1.94 bits per heavy atom. The minimum atomic E-state index is -1.07. The van der Waals surface area contributed by atoms with Gasteiger partial charge in [0.25, 0.3) is 5.56 Å². The molecule has 3 atom stereocenters. The highest BCUT2D eigenvalue weighted by Gasteiger charge is 2.53. The molecule has 6 rings (SSSR count). The molecule has 4 heterocycles. The molecule has 0 spiro atoms. The van der Waals surface area contributed by atoms with E-state index in [9.17, 15) is 9.59 Å². The number of nitrogens with zero attached hydrogens (tertiary/aromatic N) is 3. The van der Waals surface area contributed by atoms with Crippen molar-refractivity contribution in [3.63, 3.8) is 0 Å². The van der Waals surface area contributed by atoms with Crippen LogP contribution >= 0.6 is 11.3 Å². The van der Waals surface area contributed by atoms with E-state index in [1.807, 2.05) is 67.6 Å².